The number of amides is 1. The van der Waals surface area contributed by atoms with Gasteiger partial charge in [-0.2, -0.15) is 0 Å². The van der Waals surface area contributed by atoms with E-state index in [1.165, 1.54) is 11.8 Å². The highest BCUT2D eigenvalue weighted by Crippen LogP contribution is 2.26. The van der Waals surface area contributed by atoms with Gasteiger partial charge in [-0.3, -0.25) is 4.79 Å². The lowest BCUT2D eigenvalue weighted by molar-refractivity contribution is -0.118. The molecule has 25 heavy (non-hydrogen) atoms. The van der Waals surface area contributed by atoms with Crippen molar-refractivity contribution in [3.63, 3.8) is 0 Å². The molecule has 128 valence electrons. The minimum atomic E-state index is -0.0101. The summed E-state index contributed by atoms with van der Waals surface area (Å²) in [6.07, 6.45) is 0. The fourth-order valence-corrected chi connectivity index (χ4v) is 3.94. The zero-order valence-electron chi connectivity index (χ0n) is 13.7. The molecule has 0 saturated carbocycles. The Morgan fingerprint density at radius 3 is 2.64 bits per heavy atom. The first-order chi connectivity index (χ1) is 12.1. The first-order valence-corrected chi connectivity index (χ1v) is 10.0. The summed E-state index contributed by atoms with van der Waals surface area (Å²) < 4.78 is 0. The normalized spacial score (nSPS) is 10.6. The van der Waals surface area contributed by atoms with Crippen molar-refractivity contribution in [3.8, 4) is 11.3 Å². The van der Waals surface area contributed by atoms with E-state index < -0.39 is 0 Å². The molecule has 2 aromatic carbocycles. The highest BCUT2D eigenvalue weighted by atomic mass is 35.5. The summed E-state index contributed by atoms with van der Waals surface area (Å²) in [5.74, 6) is 0.337. The Kier molecular flexibility index (Phi) is 6.13. The van der Waals surface area contributed by atoms with Crippen molar-refractivity contribution in [3.05, 3.63) is 69.5 Å². The molecule has 1 aromatic heterocycles. The van der Waals surface area contributed by atoms with Crippen LogP contribution in [0.5, 0.6) is 0 Å². The van der Waals surface area contributed by atoms with E-state index in [0.717, 1.165) is 26.7 Å². The van der Waals surface area contributed by atoms with Gasteiger partial charge in [0.15, 0.2) is 0 Å². The maximum Gasteiger partial charge on any atom is 0.230 e. The summed E-state index contributed by atoms with van der Waals surface area (Å²) in [5.41, 5.74) is 3.15. The third-order valence-electron chi connectivity index (χ3n) is 3.55. The van der Waals surface area contributed by atoms with E-state index in [0.29, 0.717) is 17.3 Å². The third kappa shape index (κ3) is 5.08. The van der Waals surface area contributed by atoms with Crippen LogP contribution in [0.4, 0.5) is 0 Å². The summed E-state index contributed by atoms with van der Waals surface area (Å²) in [7, 11) is 0. The van der Waals surface area contributed by atoms with E-state index in [-0.39, 0.29) is 5.91 Å². The smallest absolute Gasteiger partial charge is 0.230 e. The van der Waals surface area contributed by atoms with Gasteiger partial charge in [0.2, 0.25) is 5.91 Å². The molecule has 0 aliphatic carbocycles. The molecule has 0 saturated heterocycles. The SMILES string of the molecule is Cc1nc(-c2ccc(CNC(=O)CSc3ccccc3Cl)cc2)cs1. The van der Waals surface area contributed by atoms with Crippen molar-refractivity contribution in [1.29, 1.82) is 0 Å². The third-order valence-corrected chi connectivity index (χ3v) is 5.84. The summed E-state index contributed by atoms with van der Waals surface area (Å²) >= 11 is 9.17. The van der Waals surface area contributed by atoms with Gasteiger partial charge in [-0.05, 0) is 24.6 Å². The Labute approximate surface area is 160 Å². The second kappa shape index (κ2) is 8.52. The number of thioether (sulfide) groups is 1. The molecule has 0 spiro atoms. The van der Waals surface area contributed by atoms with Crippen molar-refractivity contribution in [2.24, 2.45) is 0 Å². The molecule has 0 bridgehead atoms. The number of benzene rings is 2. The molecule has 3 aromatic rings. The lowest BCUT2D eigenvalue weighted by Gasteiger charge is -2.07. The molecule has 0 fully saturated rings. The van der Waals surface area contributed by atoms with Crippen LogP contribution in [0.3, 0.4) is 0 Å². The number of aromatic nitrogens is 1. The van der Waals surface area contributed by atoms with Gasteiger partial charge in [-0.15, -0.1) is 23.1 Å². The maximum atomic E-state index is 12.0. The molecule has 1 heterocycles. The van der Waals surface area contributed by atoms with Gasteiger partial charge in [0.05, 0.1) is 21.5 Å². The second-order valence-corrected chi connectivity index (χ2v) is 7.93. The van der Waals surface area contributed by atoms with Crippen molar-refractivity contribution in [1.82, 2.24) is 10.3 Å². The number of hydrogen-bond donors (Lipinski definition) is 1. The lowest BCUT2D eigenvalue weighted by Crippen LogP contribution is -2.24. The fraction of sp³-hybridized carbons (Fsp3) is 0.158. The Hall–Kier alpha value is -1.82. The number of halogens is 1. The van der Waals surface area contributed by atoms with Crippen LogP contribution >= 0.6 is 34.7 Å². The lowest BCUT2D eigenvalue weighted by atomic mass is 10.1. The van der Waals surface area contributed by atoms with Crippen LogP contribution < -0.4 is 5.32 Å². The number of nitrogens with zero attached hydrogens (tertiary/aromatic N) is 1. The number of carbonyl (C=O) groups excluding carboxylic acids is 1. The molecular formula is C19H17ClN2OS2. The maximum absolute atomic E-state index is 12.0. The minimum Gasteiger partial charge on any atom is -0.351 e. The van der Waals surface area contributed by atoms with Crippen molar-refractivity contribution in [2.75, 3.05) is 5.75 Å². The van der Waals surface area contributed by atoms with Gasteiger partial charge in [0.25, 0.3) is 0 Å². The van der Waals surface area contributed by atoms with Crippen LogP contribution in [0.2, 0.25) is 5.02 Å². The quantitative estimate of drug-likeness (QED) is 0.591. The Morgan fingerprint density at radius 1 is 1.20 bits per heavy atom. The van der Waals surface area contributed by atoms with E-state index in [2.05, 4.69) is 15.7 Å². The van der Waals surface area contributed by atoms with E-state index >= 15 is 0 Å². The molecule has 0 aliphatic rings. The van der Waals surface area contributed by atoms with Gasteiger partial charge >= 0.3 is 0 Å². The highest BCUT2D eigenvalue weighted by molar-refractivity contribution is 8.00. The first-order valence-electron chi connectivity index (χ1n) is 7.77. The predicted octanol–water partition coefficient (Wildman–Crippen LogP) is 5.18. The molecule has 3 nitrogen and oxygen atoms in total. The van der Waals surface area contributed by atoms with Gasteiger partial charge in [0, 0.05) is 22.4 Å². The summed E-state index contributed by atoms with van der Waals surface area (Å²) in [6, 6.07) is 15.6. The monoisotopic (exact) mass is 388 g/mol. The number of nitrogens with one attached hydrogen (secondary N) is 1. The zero-order chi connectivity index (χ0) is 17.6. The summed E-state index contributed by atoms with van der Waals surface area (Å²) in [5, 5.41) is 6.72. The van der Waals surface area contributed by atoms with Gasteiger partial charge < -0.3 is 5.32 Å². The van der Waals surface area contributed by atoms with Crippen LogP contribution in [0.1, 0.15) is 10.6 Å². The Balaban J connectivity index is 1.49. The molecule has 6 heteroatoms. The second-order valence-electron chi connectivity index (χ2n) is 5.44. The standard InChI is InChI=1S/C19H17ClN2OS2/c1-13-22-17(11-24-13)15-8-6-14(7-9-15)10-21-19(23)12-25-18-5-3-2-4-16(18)20/h2-9,11H,10,12H2,1H3,(H,21,23). The van der Waals surface area contributed by atoms with Crippen LogP contribution in [0, 0.1) is 6.92 Å². The van der Waals surface area contributed by atoms with Crippen molar-refractivity contribution in [2.45, 2.75) is 18.4 Å². The molecule has 0 unspecified atom stereocenters. The molecule has 0 radical (unpaired) electrons. The molecule has 0 atom stereocenters. The molecule has 3 rings (SSSR count). The average Bonchev–Trinajstić information content (AvgIpc) is 3.06. The van der Waals surface area contributed by atoms with E-state index in [1.807, 2.05) is 55.5 Å². The largest absolute Gasteiger partial charge is 0.351 e. The zero-order valence-corrected chi connectivity index (χ0v) is 16.0. The van der Waals surface area contributed by atoms with Gasteiger partial charge in [-0.1, -0.05) is 48.0 Å². The minimum absolute atomic E-state index is 0.0101. The fourth-order valence-electron chi connectivity index (χ4n) is 2.25. The topological polar surface area (TPSA) is 42.0 Å². The van der Waals surface area contributed by atoms with Crippen LogP contribution in [-0.2, 0) is 11.3 Å². The molecular weight excluding hydrogens is 372 g/mol. The first kappa shape index (κ1) is 18.0. The Bertz CT molecular complexity index is 862. The predicted molar refractivity (Wildman–Crippen MR) is 106 cm³/mol. The van der Waals surface area contributed by atoms with E-state index in [4.69, 9.17) is 11.6 Å². The van der Waals surface area contributed by atoms with Crippen molar-refractivity contribution < 1.29 is 4.79 Å². The molecule has 0 aliphatic heterocycles. The Morgan fingerprint density at radius 2 is 1.96 bits per heavy atom. The highest BCUT2D eigenvalue weighted by Gasteiger charge is 2.06. The van der Waals surface area contributed by atoms with Crippen LogP contribution in [0.15, 0.2) is 58.8 Å². The van der Waals surface area contributed by atoms with E-state index in [9.17, 15) is 4.79 Å². The number of aryl methyl sites for hydroxylation is 1. The summed E-state index contributed by atoms with van der Waals surface area (Å²) in [6.45, 7) is 2.51. The summed E-state index contributed by atoms with van der Waals surface area (Å²) in [4.78, 5) is 17.4. The number of rotatable bonds is 6. The molecule has 1 N–H and O–H groups in total. The number of thiazole rings is 1. The average molecular weight is 389 g/mol. The number of carbonyl (C=O) groups is 1. The van der Waals surface area contributed by atoms with Crippen LogP contribution in [-0.4, -0.2) is 16.6 Å². The van der Waals surface area contributed by atoms with Gasteiger partial charge in [0.1, 0.15) is 0 Å². The van der Waals surface area contributed by atoms with Crippen LogP contribution in [0.25, 0.3) is 11.3 Å². The van der Waals surface area contributed by atoms with Gasteiger partial charge in [-0.25, -0.2) is 4.98 Å². The van der Waals surface area contributed by atoms with E-state index in [1.54, 1.807) is 11.3 Å². The number of hydrogen-bond acceptors (Lipinski definition) is 4. The van der Waals surface area contributed by atoms with Crippen molar-refractivity contribution >= 4 is 40.6 Å². The molecule has 1 amide bonds.